The third-order valence-corrected chi connectivity index (χ3v) is 1.66. The molecule has 0 radical (unpaired) electrons. The quantitative estimate of drug-likeness (QED) is 0.520. The van der Waals surface area contributed by atoms with E-state index in [1.165, 1.54) is 13.0 Å². The summed E-state index contributed by atoms with van der Waals surface area (Å²) in [4.78, 5) is 21.4. The lowest BCUT2D eigenvalue weighted by Gasteiger charge is -2.13. The van der Waals surface area contributed by atoms with Gasteiger partial charge in [-0.1, -0.05) is 0 Å². The van der Waals surface area contributed by atoms with E-state index in [0.717, 1.165) is 12.1 Å². The van der Waals surface area contributed by atoms with Gasteiger partial charge in [-0.25, -0.2) is 9.18 Å². The minimum absolute atomic E-state index is 0.0778. The van der Waals surface area contributed by atoms with Crippen molar-refractivity contribution < 1.29 is 19.2 Å². The molecule has 0 spiro atoms. The highest BCUT2D eigenvalue weighted by atomic mass is 19.1. The monoisotopic (exact) mass is 227 g/mol. The topological polar surface area (TPSA) is 95.7 Å². The molecule has 0 atom stereocenters. The maximum atomic E-state index is 13.1. The Morgan fingerprint density at radius 1 is 1.44 bits per heavy atom. The molecule has 0 unspecified atom stereocenters. The van der Waals surface area contributed by atoms with E-state index in [4.69, 9.17) is 10.9 Å². The van der Waals surface area contributed by atoms with Gasteiger partial charge in [0.1, 0.15) is 5.82 Å². The number of halogens is 1. The van der Waals surface area contributed by atoms with Crippen molar-refractivity contribution in [3.8, 4) is 0 Å². The van der Waals surface area contributed by atoms with Crippen LogP contribution in [-0.4, -0.2) is 17.1 Å². The maximum absolute atomic E-state index is 13.1. The van der Waals surface area contributed by atoms with Crippen molar-refractivity contribution in [1.29, 1.82) is 0 Å². The normalized spacial score (nSPS) is 9.69. The van der Waals surface area contributed by atoms with E-state index in [0.29, 0.717) is 0 Å². The first-order valence-corrected chi connectivity index (χ1v) is 4.27. The van der Waals surface area contributed by atoms with E-state index < -0.39 is 17.8 Å². The van der Waals surface area contributed by atoms with Gasteiger partial charge in [-0.15, -0.1) is 0 Å². The van der Waals surface area contributed by atoms with Crippen LogP contribution in [-0.2, 0) is 4.79 Å². The fourth-order valence-corrected chi connectivity index (χ4v) is 1.10. The minimum atomic E-state index is -1.15. The molecule has 1 aromatic rings. The fraction of sp³-hybridized carbons (Fsp3) is 0.111. The molecule has 16 heavy (non-hydrogen) atoms. The van der Waals surface area contributed by atoms with Gasteiger partial charge in [-0.05, 0) is 12.1 Å². The van der Waals surface area contributed by atoms with Gasteiger partial charge in [0.15, 0.2) is 0 Å². The summed E-state index contributed by atoms with van der Waals surface area (Å²) < 4.78 is 13.1. The highest BCUT2D eigenvalue weighted by Crippen LogP contribution is 2.20. The Morgan fingerprint density at radius 3 is 2.56 bits per heavy atom. The summed E-state index contributed by atoms with van der Waals surface area (Å²) >= 11 is 0. The highest BCUT2D eigenvalue weighted by molar-refractivity contribution is 5.92. The fourth-order valence-electron chi connectivity index (χ4n) is 1.10. The second-order valence-corrected chi connectivity index (χ2v) is 3.03. The van der Waals surface area contributed by atoms with Gasteiger partial charge in [0, 0.05) is 18.7 Å². The van der Waals surface area contributed by atoms with Gasteiger partial charge in [-0.3, -0.25) is 10.0 Å². The van der Waals surface area contributed by atoms with Crippen LogP contribution in [0.4, 0.5) is 20.6 Å². The molecule has 86 valence electrons. The van der Waals surface area contributed by atoms with Crippen LogP contribution < -0.4 is 16.1 Å². The van der Waals surface area contributed by atoms with Crippen molar-refractivity contribution >= 4 is 23.3 Å². The zero-order chi connectivity index (χ0) is 12.3. The molecule has 0 aromatic heterocycles. The summed E-state index contributed by atoms with van der Waals surface area (Å²) in [5, 5.41) is 11.5. The van der Waals surface area contributed by atoms with E-state index in [9.17, 15) is 14.0 Å². The molecule has 0 aliphatic carbocycles. The standard InChI is InChI=1S/C9H10FN3O3/c1-5(14)12-7-2-6(10)3-8(4-7)13(16)9(11)15/h2-4,16H,1H3,(H2,11,15)(H,12,14). The number of anilines is 2. The zero-order valence-electron chi connectivity index (χ0n) is 8.40. The molecule has 6 nitrogen and oxygen atoms in total. The van der Waals surface area contributed by atoms with Gasteiger partial charge in [0.25, 0.3) is 0 Å². The van der Waals surface area contributed by atoms with Crippen LogP contribution in [0.15, 0.2) is 18.2 Å². The molecule has 3 amide bonds. The van der Waals surface area contributed by atoms with Gasteiger partial charge in [0.2, 0.25) is 5.91 Å². The molecule has 0 aliphatic heterocycles. The van der Waals surface area contributed by atoms with Gasteiger partial charge in [0.05, 0.1) is 5.69 Å². The van der Waals surface area contributed by atoms with Crippen LogP contribution in [0.2, 0.25) is 0 Å². The highest BCUT2D eigenvalue weighted by Gasteiger charge is 2.11. The van der Waals surface area contributed by atoms with Crippen molar-refractivity contribution in [3.05, 3.63) is 24.0 Å². The third kappa shape index (κ3) is 2.92. The van der Waals surface area contributed by atoms with E-state index in [2.05, 4.69) is 5.32 Å². The van der Waals surface area contributed by atoms with Crippen LogP contribution >= 0.6 is 0 Å². The molecule has 0 saturated carbocycles. The second kappa shape index (κ2) is 4.58. The van der Waals surface area contributed by atoms with E-state index in [1.54, 1.807) is 0 Å². The van der Waals surface area contributed by atoms with E-state index >= 15 is 0 Å². The largest absolute Gasteiger partial charge is 0.349 e. The average Bonchev–Trinajstić information content (AvgIpc) is 2.14. The molecule has 1 rings (SSSR count). The Bertz CT molecular complexity index is 436. The number of hydrogen-bond donors (Lipinski definition) is 3. The van der Waals surface area contributed by atoms with Crippen molar-refractivity contribution in [2.24, 2.45) is 5.73 Å². The van der Waals surface area contributed by atoms with E-state index in [-0.39, 0.29) is 16.4 Å². The number of nitrogens with two attached hydrogens (primary N) is 1. The number of rotatable bonds is 2. The second-order valence-electron chi connectivity index (χ2n) is 3.03. The van der Waals surface area contributed by atoms with Crippen LogP contribution in [0, 0.1) is 5.82 Å². The molecule has 0 fully saturated rings. The number of nitrogens with zero attached hydrogens (tertiary/aromatic N) is 1. The lowest BCUT2D eigenvalue weighted by atomic mass is 10.2. The van der Waals surface area contributed by atoms with Crippen LogP contribution in [0.5, 0.6) is 0 Å². The lowest BCUT2D eigenvalue weighted by Crippen LogP contribution is -2.32. The Hall–Kier alpha value is -2.15. The first kappa shape index (κ1) is 11.9. The summed E-state index contributed by atoms with van der Waals surface area (Å²) in [6.45, 7) is 1.25. The predicted octanol–water partition coefficient (Wildman–Crippen LogP) is 1.06. The number of primary amides is 1. The van der Waals surface area contributed by atoms with E-state index in [1.807, 2.05) is 0 Å². The predicted molar refractivity (Wildman–Crippen MR) is 54.6 cm³/mol. The molecule has 0 aliphatic rings. The number of benzene rings is 1. The maximum Gasteiger partial charge on any atom is 0.343 e. The molecule has 0 bridgehead atoms. The SMILES string of the molecule is CC(=O)Nc1cc(F)cc(N(O)C(N)=O)c1. The van der Waals surface area contributed by atoms with Crippen molar-refractivity contribution in [3.63, 3.8) is 0 Å². The van der Waals surface area contributed by atoms with Gasteiger partial charge >= 0.3 is 6.03 Å². The van der Waals surface area contributed by atoms with Crippen LogP contribution in [0.25, 0.3) is 0 Å². The minimum Gasteiger partial charge on any atom is -0.349 e. The third-order valence-electron chi connectivity index (χ3n) is 1.66. The number of hydroxylamine groups is 1. The van der Waals surface area contributed by atoms with Gasteiger partial charge in [-0.2, -0.15) is 5.06 Å². The summed E-state index contributed by atoms with van der Waals surface area (Å²) in [7, 11) is 0. The van der Waals surface area contributed by atoms with Crippen molar-refractivity contribution in [2.75, 3.05) is 10.4 Å². The molecule has 1 aromatic carbocycles. The summed E-state index contributed by atoms with van der Waals surface area (Å²) in [6.07, 6.45) is 0. The Balaban J connectivity index is 3.07. The van der Waals surface area contributed by atoms with Crippen molar-refractivity contribution in [1.82, 2.24) is 0 Å². The first-order chi connectivity index (χ1) is 7.40. The first-order valence-electron chi connectivity index (χ1n) is 4.27. The average molecular weight is 227 g/mol. The molecule has 0 saturated heterocycles. The molecular formula is C9H10FN3O3. The summed E-state index contributed by atoms with van der Waals surface area (Å²) in [6, 6.07) is 1.99. The van der Waals surface area contributed by atoms with Gasteiger partial charge < -0.3 is 11.1 Å². The Morgan fingerprint density at radius 2 is 2.06 bits per heavy atom. The zero-order valence-corrected chi connectivity index (χ0v) is 8.40. The summed E-state index contributed by atoms with van der Waals surface area (Å²) in [5.41, 5.74) is 4.74. The summed E-state index contributed by atoms with van der Waals surface area (Å²) in [5.74, 6) is -1.12. The number of hydrogen-bond acceptors (Lipinski definition) is 3. The smallest absolute Gasteiger partial charge is 0.343 e. The number of nitrogens with one attached hydrogen (secondary N) is 1. The lowest BCUT2D eigenvalue weighted by molar-refractivity contribution is -0.114. The molecular weight excluding hydrogens is 217 g/mol. The number of carbonyl (C=O) groups is 2. The molecule has 7 heteroatoms. The molecule has 0 heterocycles. The Labute approximate surface area is 90.4 Å². The van der Waals surface area contributed by atoms with Crippen LogP contribution in [0.1, 0.15) is 6.92 Å². The number of urea groups is 1. The van der Waals surface area contributed by atoms with Crippen LogP contribution in [0.3, 0.4) is 0 Å². The number of carbonyl (C=O) groups excluding carboxylic acids is 2. The van der Waals surface area contributed by atoms with Crippen molar-refractivity contribution in [2.45, 2.75) is 6.92 Å². The number of amides is 3. The Kier molecular flexibility index (Phi) is 3.41. The molecule has 4 N–H and O–H groups in total.